The van der Waals surface area contributed by atoms with Crippen molar-refractivity contribution in [1.82, 2.24) is 0 Å². The minimum absolute atomic E-state index is 0.110. The maximum absolute atomic E-state index is 12.1. The van der Waals surface area contributed by atoms with Gasteiger partial charge in [-0.2, -0.15) is 0 Å². The molecule has 0 radical (unpaired) electrons. The fourth-order valence-corrected chi connectivity index (χ4v) is 4.06. The molecule has 0 heterocycles. The molecule has 0 unspecified atom stereocenters. The van der Waals surface area contributed by atoms with Gasteiger partial charge in [-0.05, 0) is 43.4 Å². The van der Waals surface area contributed by atoms with Crippen LogP contribution in [0.15, 0.2) is 54.6 Å². The fraction of sp³-hybridized carbons (Fsp3) is 0.567. The second-order valence-electron chi connectivity index (χ2n) is 9.99. The summed E-state index contributed by atoms with van der Waals surface area (Å²) in [5.74, 6) is 0.809. The second-order valence-corrected chi connectivity index (χ2v) is 9.99. The van der Waals surface area contributed by atoms with Gasteiger partial charge in [0.15, 0.2) is 0 Å². The number of aryl methyl sites for hydroxylation is 1. The summed E-state index contributed by atoms with van der Waals surface area (Å²) >= 11 is 0. The first-order valence-corrected chi connectivity index (χ1v) is 13.2. The molecule has 0 saturated heterocycles. The fourth-order valence-electron chi connectivity index (χ4n) is 4.06. The van der Waals surface area contributed by atoms with E-state index in [9.17, 15) is 4.79 Å². The molecule has 0 atom stereocenters. The normalized spacial score (nSPS) is 11.4. The van der Waals surface area contributed by atoms with Gasteiger partial charge >= 0.3 is 5.97 Å². The summed E-state index contributed by atoms with van der Waals surface area (Å²) in [6, 6.07) is 18.9. The summed E-state index contributed by atoms with van der Waals surface area (Å²) in [4.78, 5) is 12.1. The van der Waals surface area contributed by atoms with Crippen LogP contribution in [0.2, 0.25) is 0 Å². The lowest BCUT2D eigenvalue weighted by Gasteiger charge is -2.29. The number of hydrogen-bond acceptors (Lipinski definition) is 3. The standard InChI is InChI=1S/C30H46NO3/c1-4-5-6-7-8-10-15-27-18-20-29(21-19-27)33-24-13-14-25-34-30(32)22-23-31(2,3)26-28-16-11-9-12-17-28/h9,11-12,16-21H,4-8,10,13-15,22-26H2,1-3H3/q+1. The number of unbranched alkanes of at least 4 members (excludes halogenated alkanes) is 6. The Morgan fingerprint density at radius 2 is 1.44 bits per heavy atom. The van der Waals surface area contributed by atoms with E-state index < -0.39 is 0 Å². The van der Waals surface area contributed by atoms with Crippen molar-refractivity contribution < 1.29 is 18.8 Å². The van der Waals surface area contributed by atoms with Crippen LogP contribution in [0.1, 0.15) is 75.8 Å². The second kappa shape index (κ2) is 16.3. The van der Waals surface area contributed by atoms with Crippen LogP contribution in [0, 0.1) is 0 Å². The molecule has 0 bridgehead atoms. The molecule has 2 rings (SSSR count). The summed E-state index contributed by atoms with van der Waals surface area (Å²) < 4.78 is 12.0. The van der Waals surface area contributed by atoms with E-state index >= 15 is 0 Å². The third-order valence-corrected chi connectivity index (χ3v) is 6.19. The van der Waals surface area contributed by atoms with E-state index in [4.69, 9.17) is 9.47 Å². The highest BCUT2D eigenvalue weighted by Crippen LogP contribution is 2.16. The van der Waals surface area contributed by atoms with Crippen molar-refractivity contribution in [3.63, 3.8) is 0 Å². The van der Waals surface area contributed by atoms with Crippen LogP contribution < -0.4 is 4.74 Å². The van der Waals surface area contributed by atoms with E-state index in [1.54, 1.807) is 0 Å². The average molecular weight is 469 g/mol. The van der Waals surface area contributed by atoms with Crippen molar-refractivity contribution in [3.05, 3.63) is 65.7 Å². The predicted octanol–water partition coefficient (Wildman–Crippen LogP) is 6.96. The van der Waals surface area contributed by atoms with Crippen molar-refractivity contribution in [1.29, 1.82) is 0 Å². The third kappa shape index (κ3) is 12.8. The molecule has 0 fully saturated rings. The van der Waals surface area contributed by atoms with Crippen molar-refractivity contribution in [2.24, 2.45) is 0 Å². The summed E-state index contributed by atoms with van der Waals surface area (Å²) in [6.07, 6.45) is 11.3. The van der Waals surface area contributed by atoms with E-state index in [0.717, 1.165) is 42.6 Å². The molecule has 4 nitrogen and oxygen atoms in total. The Morgan fingerprint density at radius 1 is 0.765 bits per heavy atom. The number of rotatable bonds is 18. The summed E-state index contributed by atoms with van der Waals surface area (Å²) in [7, 11) is 4.30. The smallest absolute Gasteiger partial charge is 0.311 e. The van der Waals surface area contributed by atoms with Crippen LogP contribution in [0.25, 0.3) is 0 Å². The lowest BCUT2D eigenvalue weighted by molar-refractivity contribution is -0.903. The molecule has 188 valence electrons. The number of benzene rings is 2. The molecule has 0 spiro atoms. The van der Waals surface area contributed by atoms with E-state index in [0.29, 0.717) is 19.6 Å². The lowest BCUT2D eigenvalue weighted by atomic mass is 10.0. The maximum atomic E-state index is 12.1. The van der Waals surface area contributed by atoms with E-state index in [2.05, 4.69) is 69.6 Å². The molecule has 34 heavy (non-hydrogen) atoms. The minimum Gasteiger partial charge on any atom is -0.494 e. The molecule has 0 N–H and O–H groups in total. The molecule has 2 aromatic rings. The van der Waals surface area contributed by atoms with Crippen LogP contribution in [0.4, 0.5) is 0 Å². The molecule has 0 aromatic heterocycles. The number of hydrogen-bond donors (Lipinski definition) is 0. The first kappa shape index (κ1) is 27.9. The van der Waals surface area contributed by atoms with Crippen LogP contribution in [-0.2, 0) is 22.5 Å². The zero-order valence-electron chi connectivity index (χ0n) is 21.8. The van der Waals surface area contributed by atoms with Gasteiger partial charge in [0, 0.05) is 5.56 Å². The van der Waals surface area contributed by atoms with Crippen molar-refractivity contribution in [3.8, 4) is 5.75 Å². The number of nitrogens with zero attached hydrogens (tertiary/aromatic N) is 1. The molecule has 2 aromatic carbocycles. The van der Waals surface area contributed by atoms with Crippen molar-refractivity contribution in [2.75, 3.05) is 33.9 Å². The molecule has 0 aliphatic heterocycles. The summed E-state index contributed by atoms with van der Waals surface area (Å²) in [5.41, 5.74) is 2.67. The van der Waals surface area contributed by atoms with E-state index in [-0.39, 0.29) is 5.97 Å². The monoisotopic (exact) mass is 468 g/mol. The quantitative estimate of drug-likeness (QED) is 0.135. The number of ether oxygens (including phenoxy) is 2. The molecule has 0 amide bonds. The third-order valence-electron chi connectivity index (χ3n) is 6.19. The van der Waals surface area contributed by atoms with Gasteiger partial charge in [-0.15, -0.1) is 0 Å². The van der Waals surface area contributed by atoms with Gasteiger partial charge in [0.25, 0.3) is 0 Å². The Morgan fingerprint density at radius 3 is 2.18 bits per heavy atom. The first-order valence-electron chi connectivity index (χ1n) is 13.2. The maximum Gasteiger partial charge on any atom is 0.311 e. The molecule has 0 aliphatic rings. The van der Waals surface area contributed by atoms with Gasteiger partial charge in [-0.3, -0.25) is 4.79 Å². The van der Waals surface area contributed by atoms with Crippen LogP contribution in [0.5, 0.6) is 5.75 Å². The predicted molar refractivity (Wildman–Crippen MR) is 141 cm³/mol. The SMILES string of the molecule is CCCCCCCCc1ccc(OCCCCOC(=O)CC[N+](C)(C)Cc2ccccc2)cc1. The van der Waals surface area contributed by atoms with Gasteiger partial charge in [0.1, 0.15) is 12.3 Å². The largest absolute Gasteiger partial charge is 0.494 e. The minimum atomic E-state index is -0.110. The molecular formula is C30H46NO3+. The average Bonchev–Trinajstić information content (AvgIpc) is 2.83. The van der Waals surface area contributed by atoms with Gasteiger partial charge < -0.3 is 14.0 Å². The Kier molecular flexibility index (Phi) is 13.4. The Labute approximate surface area is 207 Å². The molecule has 0 saturated carbocycles. The zero-order chi connectivity index (χ0) is 24.5. The highest BCUT2D eigenvalue weighted by atomic mass is 16.5. The molecule has 4 heteroatoms. The zero-order valence-corrected chi connectivity index (χ0v) is 21.8. The highest BCUT2D eigenvalue weighted by Gasteiger charge is 2.18. The molecular weight excluding hydrogens is 422 g/mol. The van der Waals surface area contributed by atoms with Gasteiger partial charge in [-0.1, -0.05) is 81.5 Å². The van der Waals surface area contributed by atoms with Crippen LogP contribution in [0.3, 0.4) is 0 Å². The van der Waals surface area contributed by atoms with Gasteiger partial charge in [0.05, 0.1) is 40.3 Å². The summed E-state index contributed by atoms with van der Waals surface area (Å²) in [5, 5.41) is 0. The molecule has 0 aliphatic carbocycles. The van der Waals surface area contributed by atoms with E-state index in [1.165, 1.54) is 49.7 Å². The number of carbonyl (C=O) groups excluding carboxylic acids is 1. The first-order chi connectivity index (χ1) is 16.5. The number of quaternary nitrogens is 1. The Balaban J connectivity index is 1.49. The van der Waals surface area contributed by atoms with E-state index in [1.807, 2.05) is 6.07 Å². The number of esters is 1. The van der Waals surface area contributed by atoms with Crippen molar-refractivity contribution >= 4 is 5.97 Å². The Bertz CT molecular complexity index is 786. The lowest BCUT2D eigenvalue weighted by Crippen LogP contribution is -2.40. The summed E-state index contributed by atoms with van der Waals surface area (Å²) in [6.45, 7) is 5.05. The Hall–Kier alpha value is -2.33. The van der Waals surface area contributed by atoms with Gasteiger partial charge in [0.2, 0.25) is 0 Å². The highest BCUT2D eigenvalue weighted by molar-refractivity contribution is 5.69. The topological polar surface area (TPSA) is 35.5 Å². The van der Waals surface area contributed by atoms with Crippen molar-refractivity contribution in [2.45, 2.75) is 77.7 Å². The number of carbonyl (C=O) groups is 1. The van der Waals surface area contributed by atoms with Crippen LogP contribution >= 0.6 is 0 Å². The van der Waals surface area contributed by atoms with Crippen LogP contribution in [-0.4, -0.2) is 44.3 Å². The van der Waals surface area contributed by atoms with Gasteiger partial charge in [-0.25, -0.2) is 0 Å².